The molecule has 3 nitrogen and oxygen atoms in total. The van der Waals surface area contributed by atoms with E-state index in [2.05, 4.69) is 85.9 Å². The Bertz CT molecular complexity index is 1540. The van der Waals surface area contributed by atoms with E-state index >= 15 is 0 Å². The Morgan fingerprint density at radius 3 is 2.30 bits per heavy atom. The van der Waals surface area contributed by atoms with Crippen molar-refractivity contribution in [3.8, 4) is 11.8 Å². The molecule has 2 aliphatic carbocycles. The number of nitrogens with zero attached hydrogens (tertiary/aromatic N) is 3. The molecule has 3 heterocycles. The van der Waals surface area contributed by atoms with Gasteiger partial charge in [0.1, 0.15) is 0 Å². The monoisotopic (exact) mass is 585 g/mol. The number of piperidine rings is 2. The maximum atomic E-state index is 5.59. The van der Waals surface area contributed by atoms with E-state index in [9.17, 15) is 0 Å². The zero-order valence-electron chi connectivity index (χ0n) is 27.6. The van der Waals surface area contributed by atoms with Crippen molar-refractivity contribution in [2.45, 2.75) is 103 Å². The molecule has 2 saturated heterocycles. The Balaban J connectivity index is 1.19. The van der Waals surface area contributed by atoms with E-state index in [-0.39, 0.29) is 0 Å². The van der Waals surface area contributed by atoms with Crippen molar-refractivity contribution in [2.75, 3.05) is 33.2 Å². The van der Waals surface area contributed by atoms with Crippen LogP contribution in [0.3, 0.4) is 0 Å². The van der Waals surface area contributed by atoms with Gasteiger partial charge in [-0.15, -0.1) is 0 Å². The quantitative estimate of drug-likeness (QED) is 0.326. The molecule has 2 saturated carbocycles. The molecule has 7 rings (SSSR count). The van der Waals surface area contributed by atoms with Crippen molar-refractivity contribution in [1.82, 2.24) is 9.80 Å². The van der Waals surface area contributed by atoms with E-state index in [1.54, 1.807) is 16.8 Å². The number of allylic oxidation sites excluding steroid dienone is 2. The highest BCUT2D eigenvalue weighted by Crippen LogP contribution is 2.47. The molecule has 1 atom stereocenters. The van der Waals surface area contributed by atoms with Gasteiger partial charge in [0.05, 0.1) is 5.70 Å². The fourth-order valence-electron chi connectivity index (χ4n) is 8.10. The predicted molar refractivity (Wildman–Crippen MR) is 186 cm³/mol. The maximum Gasteiger partial charge on any atom is 0.0694 e. The number of likely N-dealkylation sites (tertiary alicyclic amines) is 2. The first-order valence-corrected chi connectivity index (χ1v) is 17.6. The predicted octanol–water partition coefficient (Wildman–Crippen LogP) is 9.33. The summed E-state index contributed by atoms with van der Waals surface area (Å²) in [6.45, 7) is 11.4. The Kier molecular flexibility index (Phi) is 8.56. The lowest BCUT2D eigenvalue weighted by molar-refractivity contribution is 0.298. The molecule has 0 radical (unpaired) electrons. The zero-order chi connectivity index (χ0) is 30.2. The minimum atomic E-state index is 0.638. The largest absolute Gasteiger partial charge is 0.371 e. The third kappa shape index (κ3) is 6.08. The highest BCUT2D eigenvalue weighted by atomic mass is 15.1. The van der Waals surface area contributed by atoms with E-state index < -0.39 is 0 Å². The van der Waals surface area contributed by atoms with E-state index in [1.165, 1.54) is 110 Å². The Labute approximate surface area is 266 Å². The summed E-state index contributed by atoms with van der Waals surface area (Å²) in [4.78, 5) is 10.8. The molecule has 4 fully saturated rings. The molecular weight excluding hydrogens is 534 g/mol. The number of aryl methyl sites for hydroxylation is 1. The number of benzene rings is 2. The summed E-state index contributed by atoms with van der Waals surface area (Å²) >= 11 is 0. The molecule has 1 unspecified atom stereocenters. The van der Waals surface area contributed by atoms with Gasteiger partial charge in [-0.05, 0) is 143 Å². The van der Waals surface area contributed by atoms with Crippen LogP contribution in [0.25, 0.3) is 11.4 Å². The van der Waals surface area contributed by atoms with E-state index in [1.807, 2.05) is 0 Å². The summed E-state index contributed by atoms with van der Waals surface area (Å²) in [6, 6.07) is 14.3. The Morgan fingerprint density at radius 2 is 1.61 bits per heavy atom. The first-order valence-electron chi connectivity index (χ1n) is 17.6. The second-order valence-electron chi connectivity index (χ2n) is 14.4. The number of hydrogen-bond donors (Lipinski definition) is 0. The topological polar surface area (TPSA) is 18.8 Å². The average molecular weight is 586 g/mol. The molecule has 0 spiro atoms. The van der Waals surface area contributed by atoms with Crippen LogP contribution >= 0.6 is 0 Å². The van der Waals surface area contributed by atoms with Gasteiger partial charge >= 0.3 is 0 Å². The molecule has 3 heteroatoms. The Hall–Kier alpha value is -3.09. The van der Waals surface area contributed by atoms with Crippen LogP contribution in [0.2, 0.25) is 0 Å². The van der Waals surface area contributed by atoms with Crippen molar-refractivity contribution in [3.05, 3.63) is 80.9 Å². The second-order valence-corrected chi connectivity index (χ2v) is 14.4. The van der Waals surface area contributed by atoms with Gasteiger partial charge in [-0.3, -0.25) is 4.99 Å². The molecular formula is C41H51N3. The molecule has 3 aliphatic heterocycles. The van der Waals surface area contributed by atoms with Crippen LogP contribution in [0.15, 0.2) is 52.5 Å². The molecule has 2 aromatic rings. The number of aliphatic imine (C=N–C) groups is 1. The molecule has 44 heavy (non-hydrogen) atoms. The van der Waals surface area contributed by atoms with Crippen LogP contribution in [-0.2, 0) is 0 Å². The third-order valence-electron chi connectivity index (χ3n) is 11.2. The minimum absolute atomic E-state index is 0.638. The first-order chi connectivity index (χ1) is 21.5. The fraction of sp³-hybridized carbons (Fsp3) is 0.537. The number of fused-ring (bicyclic) bond motifs is 1. The van der Waals surface area contributed by atoms with Gasteiger partial charge in [0.2, 0.25) is 0 Å². The standard InChI is InChI=1S/C41H51N3/c1-5-6-8-30-12-15-31(16-13-30)32-20-23-44(24-21-32)41(35-17-18-35)36-26-38(37(25-29(36)3)33-9-7-10-33)40-28(2)11-14-34-19-22-43(4)27-39(34)42-40/h12-13,15-16,25-26,32-34H,5,7,9-11,14,17-24,27H2,1-4H3. The van der Waals surface area contributed by atoms with Crippen molar-refractivity contribution < 1.29 is 0 Å². The van der Waals surface area contributed by atoms with Crippen LogP contribution in [-0.4, -0.2) is 48.7 Å². The van der Waals surface area contributed by atoms with E-state index in [0.29, 0.717) is 17.8 Å². The van der Waals surface area contributed by atoms with Crippen LogP contribution < -0.4 is 0 Å². The lowest BCUT2D eigenvalue weighted by atomic mass is 9.76. The highest BCUT2D eigenvalue weighted by molar-refractivity contribution is 5.95. The van der Waals surface area contributed by atoms with Gasteiger partial charge < -0.3 is 9.80 Å². The van der Waals surface area contributed by atoms with Crippen LogP contribution in [0.1, 0.15) is 130 Å². The lowest BCUT2D eigenvalue weighted by Gasteiger charge is -2.37. The second kappa shape index (κ2) is 12.7. The summed E-state index contributed by atoms with van der Waals surface area (Å²) in [6.07, 6.45) is 13.6. The smallest absolute Gasteiger partial charge is 0.0694 e. The maximum absolute atomic E-state index is 5.59. The summed E-state index contributed by atoms with van der Waals surface area (Å²) in [5, 5.41) is 0. The summed E-state index contributed by atoms with van der Waals surface area (Å²) in [5.41, 5.74) is 16.1. The van der Waals surface area contributed by atoms with Crippen LogP contribution in [0, 0.1) is 24.7 Å². The molecule has 5 aliphatic rings. The molecule has 2 aromatic carbocycles. The third-order valence-corrected chi connectivity index (χ3v) is 11.2. The molecule has 0 bridgehead atoms. The SMILES string of the molecule is CCC#Cc1ccc(C2CCN(C(=C3CC3)c3cc(C4=C(C)CCC5CCN(C)CC5=N4)c(C4CCC4)cc3C)CC2)cc1. The van der Waals surface area contributed by atoms with Crippen molar-refractivity contribution >= 4 is 17.1 Å². The zero-order valence-corrected chi connectivity index (χ0v) is 27.6. The summed E-state index contributed by atoms with van der Waals surface area (Å²) in [7, 11) is 2.26. The van der Waals surface area contributed by atoms with Crippen LogP contribution in [0.4, 0.5) is 0 Å². The van der Waals surface area contributed by atoms with E-state index in [0.717, 1.165) is 31.6 Å². The number of rotatable bonds is 5. The number of hydrogen-bond acceptors (Lipinski definition) is 3. The van der Waals surface area contributed by atoms with Gasteiger partial charge in [0, 0.05) is 60.1 Å². The highest BCUT2D eigenvalue weighted by Gasteiger charge is 2.33. The first kappa shape index (κ1) is 29.6. The molecule has 0 N–H and O–H groups in total. The minimum Gasteiger partial charge on any atom is -0.371 e. The van der Waals surface area contributed by atoms with Gasteiger partial charge in [-0.25, -0.2) is 0 Å². The van der Waals surface area contributed by atoms with Gasteiger partial charge in [-0.1, -0.05) is 43.4 Å². The average Bonchev–Trinajstić information content (AvgIpc) is 3.86. The van der Waals surface area contributed by atoms with Crippen LogP contribution in [0.5, 0.6) is 0 Å². The normalized spacial score (nSPS) is 22.9. The van der Waals surface area contributed by atoms with Crippen molar-refractivity contribution in [3.63, 3.8) is 0 Å². The summed E-state index contributed by atoms with van der Waals surface area (Å²) in [5.74, 6) is 8.47. The molecule has 0 amide bonds. The summed E-state index contributed by atoms with van der Waals surface area (Å²) < 4.78 is 0. The molecule has 0 aromatic heterocycles. The van der Waals surface area contributed by atoms with Crippen molar-refractivity contribution in [2.24, 2.45) is 10.9 Å². The fourth-order valence-corrected chi connectivity index (χ4v) is 8.10. The Morgan fingerprint density at radius 1 is 0.864 bits per heavy atom. The van der Waals surface area contributed by atoms with Gasteiger partial charge in [-0.2, -0.15) is 0 Å². The van der Waals surface area contributed by atoms with E-state index in [4.69, 9.17) is 4.99 Å². The van der Waals surface area contributed by atoms with Crippen molar-refractivity contribution in [1.29, 1.82) is 0 Å². The molecule has 230 valence electrons. The lowest BCUT2D eigenvalue weighted by Crippen LogP contribution is -2.38. The van der Waals surface area contributed by atoms with Gasteiger partial charge in [0.25, 0.3) is 0 Å². The van der Waals surface area contributed by atoms with Gasteiger partial charge in [0.15, 0.2) is 0 Å².